The average molecular weight is 533 g/mol. The Balaban J connectivity index is 2.73. The normalized spacial score (nSPS) is 10.6. The number of aryl methyl sites for hydroxylation is 1. The lowest BCUT2D eigenvalue weighted by Crippen LogP contribution is -2.06. The minimum Gasteiger partial charge on any atom is -0.493 e. The third kappa shape index (κ3) is 11.1. The van der Waals surface area contributed by atoms with E-state index < -0.39 is 0 Å². The zero-order chi connectivity index (χ0) is 21.6. The summed E-state index contributed by atoms with van der Waals surface area (Å²) in [4.78, 5) is 5.24. The van der Waals surface area contributed by atoms with Crippen LogP contribution in [-0.2, 0) is 11.3 Å². The number of unbranched alkanes of at least 4 members (excludes halogenated alkanes) is 2. The van der Waals surface area contributed by atoms with Gasteiger partial charge in [0, 0.05) is 5.56 Å². The summed E-state index contributed by atoms with van der Waals surface area (Å²) in [7, 11) is 0. The second-order valence-electron chi connectivity index (χ2n) is 7.49. The first-order valence-corrected chi connectivity index (χ1v) is 12.0. The molecular formula is C23H35Br2NO3. The predicted molar refractivity (Wildman–Crippen MR) is 130 cm³/mol. The monoisotopic (exact) mass is 531 g/mol. The Morgan fingerprint density at radius 2 is 1.79 bits per heavy atom. The molecule has 1 aromatic rings. The molecule has 0 saturated heterocycles. The molecule has 29 heavy (non-hydrogen) atoms. The molecule has 0 aliphatic heterocycles. The Morgan fingerprint density at radius 1 is 1.07 bits per heavy atom. The van der Waals surface area contributed by atoms with Crippen molar-refractivity contribution in [2.75, 3.05) is 19.8 Å². The molecule has 1 aromatic carbocycles. The van der Waals surface area contributed by atoms with Crippen LogP contribution < -0.4 is 9.47 Å². The molecule has 1 rings (SSSR count). The van der Waals surface area contributed by atoms with Gasteiger partial charge in [0.1, 0.15) is 24.7 Å². The molecule has 0 amide bonds. The molecule has 0 atom stereocenters. The molecule has 0 N–H and O–H groups in total. The van der Waals surface area contributed by atoms with E-state index in [9.17, 15) is 0 Å². The van der Waals surface area contributed by atoms with Crippen LogP contribution in [0.15, 0.2) is 26.8 Å². The third-order valence-corrected chi connectivity index (χ3v) is 4.82. The third-order valence-electron chi connectivity index (χ3n) is 4.17. The van der Waals surface area contributed by atoms with Crippen LogP contribution in [0.1, 0.15) is 77.3 Å². The lowest BCUT2D eigenvalue weighted by molar-refractivity contribution is 0.138. The molecule has 6 heteroatoms. The summed E-state index contributed by atoms with van der Waals surface area (Å²) in [6.07, 6.45) is 7.04. The Labute approximate surface area is 193 Å². The number of nitrogens with zero attached hydrogens (tertiary/aromatic N) is 1. The molecule has 164 valence electrons. The summed E-state index contributed by atoms with van der Waals surface area (Å²) in [5.41, 5.74) is 3.39. The van der Waals surface area contributed by atoms with Gasteiger partial charge < -0.3 is 14.3 Å². The minimum atomic E-state index is 0.367. The summed E-state index contributed by atoms with van der Waals surface area (Å²) in [6, 6.07) is 4.24. The van der Waals surface area contributed by atoms with Crippen molar-refractivity contribution in [3.63, 3.8) is 0 Å². The number of hydrogen-bond acceptors (Lipinski definition) is 4. The summed E-state index contributed by atoms with van der Waals surface area (Å²) in [5, 5.41) is 3.96. The number of ether oxygens (including phenoxy) is 2. The Hall–Kier alpha value is -1.01. The predicted octanol–water partition coefficient (Wildman–Crippen LogP) is 7.73. The van der Waals surface area contributed by atoms with E-state index in [0.29, 0.717) is 25.7 Å². The molecule has 0 aliphatic rings. The van der Waals surface area contributed by atoms with Crippen molar-refractivity contribution >= 4 is 37.6 Å². The molecule has 0 aliphatic carbocycles. The fourth-order valence-electron chi connectivity index (χ4n) is 2.82. The van der Waals surface area contributed by atoms with Crippen LogP contribution in [0.5, 0.6) is 11.5 Å². The molecule has 0 bridgehead atoms. The van der Waals surface area contributed by atoms with Crippen LogP contribution >= 0.6 is 31.9 Å². The molecule has 0 aromatic heterocycles. The maximum atomic E-state index is 6.27. The molecule has 0 fully saturated rings. The van der Waals surface area contributed by atoms with Crippen molar-refractivity contribution < 1.29 is 14.3 Å². The van der Waals surface area contributed by atoms with Crippen LogP contribution in [0.3, 0.4) is 0 Å². The number of halogens is 2. The van der Waals surface area contributed by atoms with E-state index in [4.69, 9.17) is 14.3 Å². The maximum Gasteiger partial charge on any atom is 0.126 e. The first-order valence-electron chi connectivity index (χ1n) is 10.4. The topological polar surface area (TPSA) is 40.0 Å². The first-order chi connectivity index (χ1) is 13.8. The van der Waals surface area contributed by atoms with Crippen LogP contribution in [-0.4, -0.2) is 25.5 Å². The van der Waals surface area contributed by atoms with Crippen LogP contribution in [0.4, 0.5) is 0 Å². The highest BCUT2D eigenvalue weighted by Gasteiger charge is 2.15. The number of benzene rings is 1. The van der Waals surface area contributed by atoms with Gasteiger partial charge in [-0.2, -0.15) is 0 Å². The molecule has 0 radical (unpaired) electrons. The van der Waals surface area contributed by atoms with Gasteiger partial charge in [-0.25, -0.2) is 0 Å². The van der Waals surface area contributed by atoms with Crippen LogP contribution in [0.2, 0.25) is 0 Å². The largest absolute Gasteiger partial charge is 0.493 e. The van der Waals surface area contributed by atoms with Crippen molar-refractivity contribution in [1.82, 2.24) is 0 Å². The van der Waals surface area contributed by atoms with Gasteiger partial charge in [-0.15, -0.1) is 0 Å². The zero-order valence-electron chi connectivity index (χ0n) is 18.4. The van der Waals surface area contributed by atoms with Gasteiger partial charge in [0.2, 0.25) is 0 Å². The standard InChI is InChI=1S/C23H35Br2NO3/c1-6-10-19-15-20(27-14-11-22(24)25)16-21(17(2)3)23(19)28-12-8-7-9-13-29-26-18(4)5/h11,15-17H,6-10,12-14H2,1-5H3. The second-order valence-corrected chi connectivity index (χ2v) is 10.3. The van der Waals surface area contributed by atoms with Gasteiger partial charge in [-0.05, 0) is 101 Å². The summed E-state index contributed by atoms with van der Waals surface area (Å²) in [6.45, 7) is 12.3. The Kier molecular flexibility index (Phi) is 13.4. The van der Waals surface area contributed by atoms with Gasteiger partial charge in [-0.1, -0.05) is 32.3 Å². The number of rotatable bonds is 14. The Bertz CT molecular complexity index is 664. The van der Waals surface area contributed by atoms with Gasteiger partial charge in [-0.3, -0.25) is 0 Å². The molecule has 0 heterocycles. The van der Waals surface area contributed by atoms with E-state index in [1.165, 1.54) is 11.1 Å². The van der Waals surface area contributed by atoms with Crippen molar-refractivity contribution in [3.8, 4) is 11.5 Å². The molecule has 0 saturated carbocycles. The average Bonchev–Trinajstić information content (AvgIpc) is 2.64. The first kappa shape index (κ1) is 26.0. The molecule has 4 nitrogen and oxygen atoms in total. The van der Waals surface area contributed by atoms with Crippen molar-refractivity contribution in [2.45, 2.75) is 72.6 Å². The van der Waals surface area contributed by atoms with Crippen molar-refractivity contribution in [2.24, 2.45) is 5.16 Å². The fraction of sp³-hybridized carbons (Fsp3) is 0.609. The van der Waals surface area contributed by atoms with E-state index in [1.807, 2.05) is 19.9 Å². The summed E-state index contributed by atoms with van der Waals surface area (Å²) < 4.78 is 13.1. The smallest absolute Gasteiger partial charge is 0.126 e. The van der Waals surface area contributed by atoms with Crippen LogP contribution in [0, 0.1) is 0 Å². The summed E-state index contributed by atoms with van der Waals surface area (Å²) >= 11 is 6.72. The Morgan fingerprint density at radius 3 is 2.41 bits per heavy atom. The highest BCUT2D eigenvalue weighted by atomic mass is 79.9. The van der Waals surface area contributed by atoms with E-state index in [1.54, 1.807) is 0 Å². The van der Waals surface area contributed by atoms with E-state index in [-0.39, 0.29) is 0 Å². The molecule has 0 unspecified atom stereocenters. The highest BCUT2D eigenvalue weighted by Crippen LogP contribution is 2.35. The fourth-order valence-corrected chi connectivity index (χ4v) is 3.09. The maximum absolute atomic E-state index is 6.27. The van der Waals surface area contributed by atoms with Crippen molar-refractivity contribution in [3.05, 3.63) is 32.7 Å². The van der Waals surface area contributed by atoms with E-state index in [2.05, 4.69) is 69.9 Å². The van der Waals surface area contributed by atoms with Crippen molar-refractivity contribution in [1.29, 1.82) is 0 Å². The minimum absolute atomic E-state index is 0.367. The molecular weight excluding hydrogens is 498 g/mol. The van der Waals surface area contributed by atoms with Gasteiger partial charge in [0.15, 0.2) is 0 Å². The lowest BCUT2D eigenvalue weighted by Gasteiger charge is -2.20. The quantitative estimate of drug-likeness (QED) is 0.140. The lowest BCUT2D eigenvalue weighted by atomic mass is 9.96. The zero-order valence-corrected chi connectivity index (χ0v) is 21.6. The second kappa shape index (κ2) is 14.9. The number of oxime groups is 1. The van der Waals surface area contributed by atoms with E-state index in [0.717, 1.165) is 52.7 Å². The van der Waals surface area contributed by atoms with Gasteiger partial charge in [0.25, 0.3) is 0 Å². The SMILES string of the molecule is CCCc1cc(OCC=C(Br)Br)cc(C(C)C)c1OCCCCCON=C(C)C. The van der Waals surface area contributed by atoms with Crippen LogP contribution in [0.25, 0.3) is 0 Å². The van der Waals surface area contributed by atoms with Gasteiger partial charge in [0.05, 0.1) is 15.7 Å². The van der Waals surface area contributed by atoms with E-state index >= 15 is 0 Å². The number of hydrogen-bond donors (Lipinski definition) is 0. The molecule has 0 spiro atoms. The van der Waals surface area contributed by atoms with Gasteiger partial charge >= 0.3 is 0 Å². The highest BCUT2D eigenvalue weighted by molar-refractivity contribution is 9.28. The summed E-state index contributed by atoms with van der Waals surface area (Å²) in [5.74, 6) is 2.30.